The number of nitrogens with one attached hydrogen (secondary N) is 1. The molecular weight excluding hydrogens is 387 g/mol. The standard InChI is InChI=1S/C24H22ClFN2O/c25-16-1-4-18(5-2-16)28-23(29)21-14-24(21)10-7-15(8-11-24)19-9-12-27-22-6-3-17(26)13-20(19)22/h1-6,9,12-13,15,21H,7-8,10-11,14H2,(H,28,29)/t15?,21-,24?/m0/s1. The summed E-state index contributed by atoms with van der Waals surface area (Å²) in [5.41, 5.74) is 2.96. The first-order chi connectivity index (χ1) is 14.0. The van der Waals surface area contributed by atoms with Gasteiger partial charge in [-0.25, -0.2) is 4.39 Å². The van der Waals surface area contributed by atoms with Crippen LogP contribution in [0.25, 0.3) is 10.9 Å². The number of hydrogen-bond donors (Lipinski definition) is 1. The van der Waals surface area contributed by atoms with E-state index in [0.29, 0.717) is 10.9 Å². The molecule has 5 heteroatoms. The van der Waals surface area contributed by atoms with Gasteiger partial charge in [-0.3, -0.25) is 9.78 Å². The number of benzene rings is 2. The van der Waals surface area contributed by atoms with E-state index in [4.69, 9.17) is 11.6 Å². The predicted molar refractivity (Wildman–Crippen MR) is 114 cm³/mol. The number of amides is 1. The number of nitrogens with zero attached hydrogens (tertiary/aromatic N) is 1. The molecule has 2 aliphatic rings. The SMILES string of the molecule is O=C(Nc1ccc(Cl)cc1)[C@@H]1CC12CCC(c1ccnc3ccc(F)cc13)CC2. The van der Waals surface area contributed by atoms with E-state index >= 15 is 0 Å². The van der Waals surface area contributed by atoms with Gasteiger partial charge in [0, 0.05) is 28.2 Å². The Bertz CT molecular complexity index is 1070. The van der Waals surface area contributed by atoms with Gasteiger partial charge in [-0.1, -0.05) is 11.6 Å². The average Bonchev–Trinajstić information content (AvgIpc) is 3.43. The van der Waals surface area contributed by atoms with E-state index in [9.17, 15) is 9.18 Å². The van der Waals surface area contributed by atoms with Crippen molar-refractivity contribution in [2.24, 2.45) is 11.3 Å². The monoisotopic (exact) mass is 408 g/mol. The van der Waals surface area contributed by atoms with Gasteiger partial charge in [0.15, 0.2) is 0 Å². The second-order valence-corrected chi connectivity index (χ2v) is 8.89. The lowest BCUT2D eigenvalue weighted by Crippen LogP contribution is -2.22. The molecule has 2 saturated carbocycles. The molecule has 5 rings (SSSR count). The number of halogens is 2. The minimum atomic E-state index is -0.222. The molecule has 0 radical (unpaired) electrons. The Morgan fingerprint density at radius 1 is 1.10 bits per heavy atom. The second kappa shape index (κ2) is 7.10. The molecule has 0 bridgehead atoms. The average molecular weight is 409 g/mol. The van der Waals surface area contributed by atoms with Crippen molar-refractivity contribution in [2.75, 3.05) is 5.32 Å². The van der Waals surface area contributed by atoms with E-state index in [1.165, 1.54) is 11.6 Å². The van der Waals surface area contributed by atoms with E-state index in [2.05, 4.69) is 10.3 Å². The molecule has 1 heterocycles. The Balaban J connectivity index is 1.26. The Kier molecular flexibility index (Phi) is 4.54. The molecule has 2 aliphatic carbocycles. The van der Waals surface area contributed by atoms with Gasteiger partial charge in [-0.05, 0) is 97.5 Å². The topological polar surface area (TPSA) is 42.0 Å². The quantitative estimate of drug-likeness (QED) is 0.550. The number of pyridine rings is 1. The minimum Gasteiger partial charge on any atom is -0.326 e. The molecule has 1 spiro atoms. The Morgan fingerprint density at radius 3 is 2.62 bits per heavy atom. The minimum absolute atomic E-state index is 0.0887. The van der Waals surface area contributed by atoms with Crippen LogP contribution in [0, 0.1) is 17.2 Å². The van der Waals surface area contributed by atoms with Crippen molar-refractivity contribution in [3.63, 3.8) is 0 Å². The molecule has 3 aromatic rings. The second-order valence-electron chi connectivity index (χ2n) is 8.45. The van der Waals surface area contributed by atoms with Crippen molar-refractivity contribution < 1.29 is 9.18 Å². The summed E-state index contributed by atoms with van der Waals surface area (Å²) >= 11 is 5.91. The summed E-state index contributed by atoms with van der Waals surface area (Å²) in [4.78, 5) is 17.1. The number of anilines is 1. The van der Waals surface area contributed by atoms with Crippen molar-refractivity contribution >= 4 is 34.1 Å². The molecule has 1 amide bonds. The molecule has 1 N–H and O–H groups in total. The van der Waals surface area contributed by atoms with Gasteiger partial charge in [-0.15, -0.1) is 0 Å². The largest absolute Gasteiger partial charge is 0.326 e. The molecule has 1 atom stereocenters. The highest BCUT2D eigenvalue weighted by Gasteiger charge is 2.58. The third-order valence-corrected chi connectivity index (χ3v) is 7.03. The van der Waals surface area contributed by atoms with Gasteiger partial charge < -0.3 is 5.32 Å². The Morgan fingerprint density at radius 2 is 1.86 bits per heavy atom. The lowest BCUT2D eigenvalue weighted by molar-refractivity contribution is -0.118. The number of aromatic nitrogens is 1. The zero-order valence-corrected chi connectivity index (χ0v) is 16.8. The first-order valence-corrected chi connectivity index (χ1v) is 10.5. The lowest BCUT2D eigenvalue weighted by Gasteiger charge is -2.30. The smallest absolute Gasteiger partial charge is 0.228 e. The van der Waals surface area contributed by atoms with Gasteiger partial charge in [-0.2, -0.15) is 0 Å². The van der Waals surface area contributed by atoms with Crippen LogP contribution in [0.3, 0.4) is 0 Å². The molecule has 0 saturated heterocycles. The molecule has 0 aliphatic heterocycles. The summed E-state index contributed by atoms with van der Waals surface area (Å²) in [5.74, 6) is 0.376. The molecule has 3 nitrogen and oxygen atoms in total. The maximum atomic E-state index is 13.8. The van der Waals surface area contributed by atoms with E-state index in [-0.39, 0.29) is 23.1 Å². The Hall–Kier alpha value is -2.46. The summed E-state index contributed by atoms with van der Waals surface area (Å²) in [6.07, 6.45) is 6.91. The molecule has 0 unspecified atom stereocenters. The number of rotatable bonds is 3. The lowest BCUT2D eigenvalue weighted by atomic mass is 9.75. The molecule has 29 heavy (non-hydrogen) atoms. The van der Waals surface area contributed by atoms with Gasteiger partial charge in [0.25, 0.3) is 0 Å². The fourth-order valence-corrected chi connectivity index (χ4v) is 5.16. The number of hydrogen-bond acceptors (Lipinski definition) is 2. The van der Waals surface area contributed by atoms with Crippen molar-refractivity contribution in [2.45, 2.75) is 38.0 Å². The maximum absolute atomic E-state index is 13.8. The van der Waals surface area contributed by atoms with Crippen LogP contribution in [0.5, 0.6) is 0 Å². The van der Waals surface area contributed by atoms with Crippen molar-refractivity contribution in [3.8, 4) is 0 Å². The molecule has 1 aromatic heterocycles. The number of fused-ring (bicyclic) bond motifs is 1. The summed E-state index contributed by atoms with van der Waals surface area (Å²) in [7, 11) is 0. The molecule has 2 fully saturated rings. The first kappa shape index (κ1) is 18.6. The van der Waals surface area contributed by atoms with Gasteiger partial charge in [0.1, 0.15) is 5.82 Å². The van der Waals surface area contributed by atoms with Gasteiger partial charge >= 0.3 is 0 Å². The zero-order valence-electron chi connectivity index (χ0n) is 16.0. The van der Waals surface area contributed by atoms with Crippen LogP contribution in [0.1, 0.15) is 43.6 Å². The van der Waals surface area contributed by atoms with Crippen molar-refractivity contribution in [1.29, 1.82) is 0 Å². The maximum Gasteiger partial charge on any atom is 0.228 e. The first-order valence-electron chi connectivity index (χ1n) is 10.1. The molecular formula is C24H22ClFN2O. The van der Waals surface area contributed by atoms with E-state index in [0.717, 1.165) is 48.7 Å². The highest BCUT2D eigenvalue weighted by Crippen LogP contribution is 2.63. The van der Waals surface area contributed by atoms with Crippen LogP contribution in [-0.4, -0.2) is 10.9 Å². The van der Waals surface area contributed by atoms with Gasteiger partial charge in [0.2, 0.25) is 5.91 Å². The summed E-state index contributed by atoms with van der Waals surface area (Å²) in [6, 6.07) is 14.1. The van der Waals surface area contributed by atoms with Crippen LogP contribution < -0.4 is 5.32 Å². The number of carbonyl (C=O) groups is 1. The van der Waals surface area contributed by atoms with Crippen LogP contribution in [-0.2, 0) is 4.79 Å². The Labute approximate surface area is 174 Å². The van der Waals surface area contributed by atoms with E-state index < -0.39 is 0 Å². The van der Waals surface area contributed by atoms with Crippen molar-refractivity contribution in [1.82, 2.24) is 4.98 Å². The molecule has 148 valence electrons. The third-order valence-electron chi connectivity index (χ3n) is 6.78. The van der Waals surface area contributed by atoms with E-state index in [1.807, 2.05) is 24.4 Å². The third kappa shape index (κ3) is 3.51. The van der Waals surface area contributed by atoms with E-state index in [1.54, 1.807) is 24.3 Å². The molecule has 2 aromatic carbocycles. The summed E-state index contributed by atoms with van der Waals surface area (Å²) in [5, 5.41) is 4.61. The number of carbonyl (C=O) groups excluding carboxylic acids is 1. The highest BCUT2D eigenvalue weighted by molar-refractivity contribution is 6.30. The van der Waals surface area contributed by atoms with Crippen LogP contribution in [0.4, 0.5) is 10.1 Å². The predicted octanol–water partition coefficient (Wildman–Crippen LogP) is 6.33. The summed E-state index contributed by atoms with van der Waals surface area (Å²) < 4.78 is 13.8. The van der Waals surface area contributed by atoms with Gasteiger partial charge in [0.05, 0.1) is 5.52 Å². The fourth-order valence-electron chi connectivity index (χ4n) is 5.03. The normalized spacial score (nSPS) is 25.9. The highest BCUT2D eigenvalue weighted by atomic mass is 35.5. The van der Waals surface area contributed by atoms with Crippen LogP contribution >= 0.6 is 11.6 Å². The summed E-state index contributed by atoms with van der Waals surface area (Å²) in [6.45, 7) is 0. The van der Waals surface area contributed by atoms with Crippen LogP contribution in [0.15, 0.2) is 54.7 Å². The van der Waals surface area contributed by atoms with Crippen LogP contribution in [0.2, 0.25) is 5.02 Å². The van der Waals surface area contributed by atoms with Crippen molar-refractivity contribution in [3.05, 3.63) is 71.1 Å². The zero-order chi connectivity index (χ0) is 20.0. The fraction of sp³-hybridized carbons (Fsp3) is 0.333.